The van der Waals surface area contributed by atoms with Gasteiger partial charge in [-0.25, -0.2) is 9.59 Å². The van der Waals surface area contributed by atoms with Crippen molar-refractivity contribution in [3.05, 3.63) is 59.7 Å². The molecule has 12 nitrogen and oxygen atoms in total. The van der Waals surface area contributed by atoms with E-state index in [4.69, 9.17) is 0 Å². The van der Waals surface area contributed by atoms with E-state index >= 15 is 0 Å². The van der Waals surface area contributed by atoms with E-state index in [1.165, 1.54) is 26.3 Å². The van der Waals surface area contributed by atoms with E-state index in [0.29, 0.717) is 11.4 Å². The van der Waals surface area contributed by atoms with E-state index < -0.39 is 47.4 Å². The van der Waals surface area contributed by atoms with Crippen LogP contribution in [0, 0.1) is 11.8 Å². The van der Waals surface area contributed by atoms with Gasteiger partial charge in [0.25, 0.3) is 0 Å². The highest BCUT2D eigenvalue weighted by Gasteiger charge is 2.24. The van der Waals surface area contributed by atoms with Gasteiger partial charge < -0.3 is 9.47 Å². The smallest absolute Gasteiger partial charge is 0.413 e. The average Bonchev–Trinajstić information content (AvgIpc) is 2.93. The van der Waals surface area contributed by atoms with Crippen LogP contribution >= 0.6 is 0 Å². The topological polar surface area (TPSA) is 170 Å². The Hall–Kier alpha value is -5.00. The molecule has 0 aliphatic rings. The summed E-state index contributed by atoms with van der Waals surface area (Å²) < 4.78 is 9.32. The molecule has 2 aromatic carbocycles. The Morgan fingerprint density at radius 1 is 0.643 bits per heavy atom. The van der Waals surface area contributed by atoms with Crippen LogP contribution in [0.1, 0.15) is 38.8 Å². The molecule has 0 saturated heterocycles. The molecule has 0 fully saturated rings. The number of benzene rings is 2. The largest absolute Gasteiger partial charge is 0.450 e. The molecule has 0 aromatic heterocycles. The second-order valence-electron chi connectivity index (χ2n) is 8.99. The number of hydrogen-bond acceptors (Lipinski definition) is 10. The van der Waals surface area contributed by atoms with Crippen LogP contribution in [0.2, 0.25) is 0 Å². The van der Waals surface area contributed by atoms with Crippen molar-refractivity contribution in [3.63, 3.8) is 0 Å². The zero-order valence-electron chi connectivity index (χ0n) is 23.9. The van der Waals surface area contributed by atoms with Gasteiger partial charge in [-0.3, -0.25) is 39.8 Å². The minimum Gasteiger partial charge on any atom is -0.450 e. The quantitative estimate of drug-likeness (QED) is 0.267. The lowest BCUT2D eigenvalue weighted by Gasteiger charge is -2.09. The van der Waals surface area contributed by atoms with Gasteiger partial charge in [-0.1, -0.05) is 24.3 Å². The minimum atomic E-state index is -1.23. The number of ether oxygens (including phenoxy) is 2. The van der Waals surface area contributed by atoms with Gasteiger partial charge in [0.15, 0.2) is 0 Å². The lowest BCUT2D eigenvalue weighted by molar-refractivity contribution is -0.131. The standard InChI is InChI=1S/C30H34N4O8/c1-5-41-29(39)33-27(37)25(19(3)35)17-31-23-13-9-21(10-14-23)7-8-22-11-15-24(16-12-22)32-18-26(20(4)36)28(38)34-30(40)42-6-2/h9-18,25-26H,5-8H2,1-4H3,(H,33,37,39)(H,34,38,40). The zero-order valence-corrected chi connectivity index (χ0v) is 23.9. The highest BCUT2D eigenvalue weighted by molar-refractivity contribution is 6.16. The van der Waals surface area contributed by atoms with Gasteiger partial charge in [0.1, 0.15) is 23.4 Å². The van der Waals surface area contributed by atoms with Crippen molar-refractivity contribution in [1.82, 2.24) is 10.6 Å². The monoisotopic (exact) mass is 578 g/mol. The molecule has 2 rings (SSSR count). The molecule has 2 aromatic rings. The number of carbonyl (C=O) groups is 6. The molecule has 0 aliphatic heterocycles. The number of nitrogens with one attached hydrogen (secondary N) is 2. The molecule has 2 N–H and O–H groups in total. The van der Waals surface area contributed by atoms with Crippen LogP contribution in [0.3, 0.4) is 0 Å². The summed E-state index contributed by atoms with van der Waals surface area (Å²) in [5.74, 6) is -5.00. The molecule has 0 saturated carbocycles. The highest BCUT2D eigenvalue weighted by Crippen LogP contribution is 2.18. The number of carbonyl (C=O) groups excluding carboxylic acids is 6. The molecule has 0 aliphatic carbocycles. The Labute approximate surface area is 243 Å². The molecule has 2 unspecified atom stereocenters. The van der Waals surface area contributed by atoms with Gasteiger partial charge in [-0.05, 0) is 75.9 Å². The summed E-state index contributed by atoms with van der Waals surface area (Å²) in [6.07, 6.45) is 2.00. The first-order valence-corrected chi connectivity index (χ1v) is 13.3. The molecule has 222 valence electrons. The van der Waals surface area contributed by atoms with E-state index in [2.05, 4.69) is 19.5 Å². The van der Waals surface area contributed by atoms with Gasteiger partial charge >= 0.3 is 12.2 Å². The van der Waals surface area contributed by atoms with Crippen molar-refractivity contribution >= 4 is 59.4 Å². The zero-order chi connectivity index (χ0) is 31.1. The maximum atomic E-state index is 12.2. The van der Waals surface area contributed by atoms with Crippen LogP contribution in [0.4, 0.5) is 21.0 Å². The fourth-order valence-electron chi connectivity index (χ4n) is 3.51. The fourth-order valence-corrected chi connectivity index (χ4v) is 3.51. The lowest BCUT2D eigenvalue weighted by Crippen LogP contribution is -2.39. The minimum absolute atomic E-state index is 0.0922. The molecule has 4 amide bonds. The molecular formula is C30H34N4O8. The third-order valence-electron chi connectivity index (χ3n) is 5.76. The molecule has 12 heteroatoms. The maximum absolute atomic E-state index is 12.2. The van der Waals surface area contributed by atoms with E-state index in [1.54, 1.807) is 38.1 Å². The molecular weight excluding hydrogens is 544 g/mol. The Bertz CT molecular complexity index is 1230. The van der Waals surface area contributed by atoms with Crippen molar-refractivity contribution in [2.45, 2.75) is 40.5 Å². The van der Waals surface area contributed by atoms with Gasteiger partial charge in [0.2, 0.25) is 11.8 Å². The number of aliphatic imine (C=N–C) groups is 2. The number of rotatable bonds is 13. The highest BCUT2D eigenvalue weighted by atomic mass is 16.6. The lowest BCUT2D eigenvalue weighted by atomic mass is 10.0. The van der Waals surface area contributed by atoms with Crippen LogP contribution in [0.15, 0.2) is 58.5 Å². The number of amides is 4. The molecule has 0 heterocycles. The Balaban J connectivity index is 1.94. The summed E-state index contributed by atoms with van der Waals surface area (Å²) in [6, 6.07) is 14.6. The molecule has 42 heavy (non-hydrogen) atoms. The third-order valence-corrected chi connectivity index (χ3v) is 5.76. The van der Waals surface area contributed by atoms with Gasteiger partial charge in [-0.15, -0.1) is 0 Å². The molecule has 0 radical (unpaired) electrons. The van der Waals surface area contributed by atoms with Gasteiger partial charge in [0.05, 0.1) is 24.6 Å². The summed E-state index contributed by atoms with van der Waals surface area (Å²) in [5.41, 5.74) is 3.15. The molecule has 2 atom stereocenters. The third kappa shape index (κ3) is 11.2. The molecule has 0 bridgehead atoms. The Morgan fingerprint density at radius 3 is 1.26 bits per heavy atom. The van der Waals surface area contributed by atoms with E-state index in [-0.39, 0.29) is 13.2 Å². The second-order valence-corrected chi connectivity index (χ2v) is 8.99. The number of alkyl carbamates (subject to hydrolysis) is 2. The predicted molar refractivity (Wildman–Crippen MR) is 155 cm³/mol. The summed E-state index contributed by atoms with van der Waals surface area (Å²) in [4.78, 5) is 79.4. The average molecular weight is 579 g/mol. The first-order valence-electron chi connectivity index (χ1n) is 13.3. The van der Waals surface area contributed by atoms with E-state index in [9.17, 15) is 28.8 Å². The SMILES string of the molecule is CCOC(=O)NC(=O)C(C=Nc1ccc(CCc2ccc(N=CC(C(C)=O)C(=O)NC(=O)OCC)cc2)cc1)C(C)=O. The van der Waals surface area contributed by atoms with Crippen molar-refractivity contribution in [1.29, 1.82) is 0 Å². The van der Waals surface area contributed by atoms with E-state index in [1.807, 2.05) is 34.9 Å². The summed E-state index contributed by atoms with van der Waals surface area (Å²) in [7, 11) is 0. The van der Waals surface area contributed by atoms with E-state index in [0.717, 1.165) is 24.0 Å². The van der Waals surface area contributed by atoms with Crippen molar-refractivity contribution in [3.8, 4) is 0 Å². The van der Waals surface area contributed by atoms with Crippen LogP contribution < -0.4 is 10.6 Å². The summed E-state index contributed by atoms with van der Waals surface area (Å²) >= 11 is 0. The summed E-state index contributed by atoms with van der Waals surface area (Å²) in [6.45, 7) is 5.85. The number of hydrogen-bond donors (Lipinski definition) is 2. The predicted octanol–water partition coefficient (Wildman–Crippen LogP) is 3.83. The fraction of sp³-hybridized carbons (Fsp3) is 0.333. The van der Waals surface area contributed by atoms with Crippen LogP contribution in [-0.2, 0) is 41.5 Å². The van der Waals surface area contributed by atoms with Crippen LogP contribution in [0.5, 0.6) is 0 Å². The van der Waals surface area contributed by atoms with Gasteiger partial charge in [-0.2, -0.15) is 0 Å². The molecule has 0 spiro atoms. The first kappa shape index (κ1) is 33.2. The van der Waals surface area contributed by atoms with Crippen molar-refractivity contribution < 1.29 is 38.2 Å². The Morgan fingerprint density at radius 2 is 0.976 bits per heavy atom. The second kappa shape index (κ2) is 17.0. The maximum Gasteiger partial charge on any atom is 0.413 e. The number of nitrogens with zero attached hydrogens (tertiary/aromatic N) is 2. The van der Waals surface area contributed by atoms with Crippen LogP contribution in [-0.4, -0.2) is 61.2 Å². The Kier molecular flexibility index (Phi) is 13.4. The van der Waals surface area contributed by atoms with Crippen molar-refractivity contribution in [2.75, 3.05) is 13.2 Å². The van der Waals surface area contributed by atoms with Gasteiger partial charge in [0, 0.05) is 12.4 Å². The number of Topliss-reactive ketones (excluding diaryl/α,β-unsaturated/α-hetero) is 2. The van der Waals surface area contributed by atoms with Crippen LogP contribution in [0.25, 0.3) is 0 Å². The summed E-state index contributed by atoms with van der Waals surface area (Å²) in [5, 5.41) is 4.02. The number of aryl methyl sites for hydroxylation is 2. The normalized spacial score (nSPS) is 12.4. The number of imide groups is 2. The first-order chi connectivity index (χ1) is 20.0. The van der Waals surface area contributed by atoms with Crippen molar-refractivity contribution in [2.24, 2.45) is 21.8 Å². The number of ketones is 2.